The molecule has 2 heterocycles. The molecule has 0 aliphatic carbocycles. The maximum absolute atomic E-state index is 12.2. The van der Waals surface area contributed by atoms with E-state index in [1.807, 2.05) is 0 Å². The summed E-state index contributed by atoms with van der Waals surface area (Å²) >= 11 is 0. The van der Waals surface area contributed by atoms with Crippen LogP contribution in [0.1, 0.15) is 42.8 Å². The lowest BCUT2D eigenvalue weighted by atomic mass is 10.1. The molecule has 106 valence electrons. The number of carbonyl (C=O) groups excluding carboxylic acids is 2. The minimum atomic E-state index is -1.16. The highest BCUT2D eigenvalue weighted by Gasteiger charge is 2.36. The first kappa shape index (κ1) is 13.0. The Kier molecular flexibility index (Phi) is 2.79. The van der Waals surface area contributed by atoms with Crippen molar-refractivity contribution in [1.29, 1.82) is 0 Å². The number of aromatic nitrogens is 2. The van der Waals surface area contributed by atoms with Crippen LogP contribution in [0, 0.1) is 6.92 Å². The van der Waals surface area contributed by atoms with Crippen LogP contribution in [0.3, 0.4) is 0 Å². The highest BCUT2D eigenvalue weighted by Crippen LogP contribution is 2.25. The van der Waals surface area contributed by atoms with Crippen LogP contribution in [-0.2, 0) is 6.54 Å². The lowest BCUT2D eigenvalue weighted by Gasteiger charge is -2.10. The summed E-state index contributed by atoms with van der Waals surface area (Å²) in [6.07, 6.45) is 0. The van der Waals surface area contributed by atoms with Crippen LogP contribution in [0.4, 0.5) is 0 Å². The molecule has 0 saturated heterocycles. The predicted molar refractivity (Wildman–Crippen MR) is 66.6 cm³/mol. The molecule has 0 atom stereocenters. The van der Waals surface area contributed by atoms with Gasteiger partial charge in [0, 0.05) is 6.92 Å². The van der Waals surface area contributed by atoms with Gasteiger partial charge in [-0.15, -0.1) is 0 Å². The van der Waals surface area contributed by atoms with Gasteiger partial charge in [-0.25, -0.2) is 4.79 Å². The summed E-state index contributed by atoms with van der Waals surface area (Å²) in [7, 11) is 0. The third kappa shape index (κ3) is 2.06. The van der Waals surface area contributed by atoms with E-state index in [9.17, 15) is 14.4 Å². The second kappa shape index (κ2) is 4.51. The second-order valence-electron chi connectivity index (χ2n) is 4.49. The summed E-state index contributed by atoms with van der Waals surface area (Å²) < 4.78 is 4.78. The zero-order valence-corrected chi connectivity index (χ0v) is 10.9. The van der Waals surface area contributed by atoms with E-state index < -0.39 is 17.8 Å². The van der Waals surface area contributed by atoms with E-state index in [4.69, 9.17) is 9.63 Å². The molecule has 1 aliphatic heterocycles. The maximum atomic E-state index is 12.2. The van der Waals surface area contributed by atoms with Gasteiger partial charge in [-0.05, 0) is 18.2 Å². The number of fused-ring (bicyclic) bond motifs is 1. The smallest absolute Gasteiger partial charge is 0.335 e. The Morgan fingerprint density at radius 3 is 2.62 bits per heavy atom. The van der Waals surface area contributed by atoms with Crippen molar-refractivity contribution in [2.24, 2.45) is 0 Å². The molecule has 0 unspecified atom stereocenters. The standard InChI is InChI=1S/C13H9N3O5/c1-6-14-10(15-21-6)5-16-11(17)8-3-2-7(13(19)20)4-9(8)12(16)18/h2-4H,5H2,1H3,(H,19,20). The Morgan fingerprint density at radius 1 is 1.29 bits per heavy atom. The molecule has 0 radical (unpaired) electrons. The van der Waals surface area contributed by atoms with E-state index in [0.717, 1.165) is 4.90 Å². The lowest BCUT2D eigenvalue weighted by Crippen LogP contribution is -2.29. The van der Waals surface area contributed by atoms with E-state index in [2.05, 4.69) is 10.1 Å². The van der Waals surface area contributed by atoms with Crippen molar-refractivity contribution in [3.63, 3.8) is 0 Å². The molecular weight excluding hydrogens is 278 g/mol. The van der Waals surface area contributed by atoms with Gasteiger partial charge in [-0.1, -0.05) is 5.16 Å². The van der Waals surface area contributed by atoms with Gasteiger partial charge in [0.15, 0.2) is 5.82 Å². The van der Waals surface area contributed by atoms with Crippen molar-refractivity contribution >= 4 is 17.8 Å². The van der Waals surface area contributed by atoms with Crippen molar-refractivity contribution in [3.8, 4) is 0 Å². The van der Waals surface area contributed by atoms with Crippen LogP contribution in [0.5, 0.6) is 0 Å². The topological polar surface area (TPSA) is 114 Å². The number of hydrogen-bond acceptors (Lipinski definition) is 6. The number of carbonyl (C=O) groups is 3. The molecule has 21 heavy (non-hydrogen) atoms. The first-order chi connectivity index (χ1) is 9.97. The summed E-state index contributed by atoms with van der Waals surface area (Å²) in [6.45, 7) is 1.48. The normalized spacial score (nSPS) is 13.7. The number of rotatable bonds is 3. The van der Waals surface area contributed by atoms with Gasteiger partial charge in [0.05, 0.1) is 23.2 Å². The molecule has 0 saturated carbocycles. The third-order valence-electron chi connectivity index (χ3n) is 3.09. The van der Waals surface area contributed by atoms with E-state index in [1.165, 1.54) is 18.2 Å². The number of amides is 2. The summed E-state index contributed by atoms with van der Waals surface area (Å²) in [6, 6.07) is 3.81. The first-order valence-corrected chi connectivity index (χ1v) is 6.00. The summed E-state index contributed by atoms with van der Waals surface area (Å²) in [5.74, 6) is -1.70. The van der Waals surface area contributed by atoms with Crippen molar-refractivity contribution in [2.45, 2.75) is 13.5 Å². The molecule has 1 aromatic heterocycles. The molecule has 2 amide bonds. The summed E-state index contributed by atoms with van der Waals surface area (Å²) in [5, 5.41) is 12.6. The van der Waals surface area contributed by atoms with Crippen LogP contribution >= 0.6 is 0 Å². The minimum absolute atomic E-state index is 0.0489. The zero-order valence-electron chi connectivity index (χ0n) is 10.9. The minimum Gasteiger partial charge on any atom is -0.478 e. The van der Waals surface area contributed by atoms with E-state index in [1.54, 1.807) is 6.92 Å². The van der Waals surface area contributed by atoms with Crippen LogP contribution in [-0.4, -0.2) is 37.9 Å². The third-order valence-corrected chi connectivity index (χ3v) is 3.09. The molecular formula is C13H9N3O5. The summed E-state index contributed by atoms with van der Waals surface area (Å²) in [5.41, 5.74) is 0.192. The van der Waals surface area contributed by atoms with Gasteiger partial charge in [-0.3, -0.25) is 14.5 Å². The Bertz CT molecular complexity index is 780. The van der Waals surface area contributed by atoms with Crippen LogP contribution in [0.15, 0.2) is 22.7 Å². The zero-order chi connectivity index (χ0) is 15.1. The highest BCUT2D eigenvalue weighted by atomic mass is 16.5. The highest BCUT2D eigenvalue weighted by molar-refractivity contribution is 6.21. The molecule has 1 aliphatic rings. The molecule has 1 N–H and O–H groups in total. The fraction of sp³-hybridized carbons (Fsp3) is 0.154. The van der Waals surface area contributed by atoms with Gasteiger partial charge in [-0.2, -0.15) is 4.98 Å². The molecule has 2 aromatic rings. The van der Waals surface area contributed by atoms with E-state index in [0.29, 0.717) is 5.89 Å². The number of aryl methyl sites for hydroxylation is 1. The fourth-order valence-corrected chi connectivity index (χ4v) is 2.11. The SMILES string of the molecule is Cc1nc(CN2C(=O)c3ccc(C(=O)O)cc3C2=O)no1. The Labute approximate surface area is 118 Å². The average Bonchev–Trinajstić information content (AvgIpc) is 2.96. The van der Waals surface area contributed by atoms with Crippen LogP contribution in [0.25, 0.3) is 0 Å². The van der Waals surface area contributed by atoms with Gasteiger partial charge < -0.3 is 9.63 Å². The lowest BCUT2D eigenvalue weighted by molar-refractivity contribution is 0.0636. The van der Waals surface area contributed by atoms with Crippen molar-refractivity contribution in [1.82, 2.24) is 15.0 Å². The van der Waals surface area contributed by atoms with Crippen molar-refractivity contribution in [3.05, 3.63) is 46.6 Å². The number of carboxylic acid groups (broad SMARTS) is 1. The van der Waals surface area contributed by atoms with Crippen molar-refractivity contribution in [2.75, 3.05) is 0 Å². The first-order valence-electron chi connectivity index (χ1n) is 6.00. The number of hydrogen-bond donors (Lipinski definition) is 1. The average molecular weight is 287 g/mol. The molecule has 0 bridgehead atoms. The maximum Gasteiger partial charge on any atom is 0.335 e. The van der Waals surface area contributed by atoms with Crippen LogP contribution in [0.2, 0.25) is 0 Å². The monoisotopic (exact) mass is 287 g/mol. The van der Waals surface area contributed by atoms with E-state index >= 15 is 0 Å². The number of imide groups is 1. The number of aromatic carboxylic acids is 1. The van der Waals surface area contributed by atoms with Gasteiger partial charge in [0.25, 0.3) is 11.8 Å². The molecule has 0 fully saturated rings. The Hall–Kier alpha value is -3.03. The van der Waals surface area contributed by atoms with Gasteiger partial charge >= 0.3 is 5.97 Å². The Balaban J connectivity index is 1.94. The molecule has 1 aromatic carbocycles. The number of nitrogens with zero attached hydrogens (tertiary/aromatic N) is 3. The van der Waals surface area contributed by atoms with E-state index in [-0.39, 0.29) is 29.1 Å². The quantitative estimate of drug-likeness (QED) is 0.833. The molecule has 0 spiro atoms. The fourth-order valence-electron chi connectivity index (χ4n) is 2.11. The summed E-state index contributed by atoms with van der Waals surface area (Å²) in [4.78, 5) is 40.2. The second-order valence-corrected chi connectivity index (χ2v) is 4.49. The van der Waals surface area contributed by atoms with Gasteiger partial charge in [0.1, 0.15) is 0 Å². The van der Waals surface area contributed by atoms with Crippen LogP contribution < -0.4 is 0 Å². The number of carboxylic acids is 1. The molecule has 8 heteroatoms. The Morgan fingerprint density at radius 2 is 2.00 bits per heavy atom. The van der Waals surface area contributed by atoms with Crippen molar-refractivity contribution < 1.29 is 24.0 Å². The largest absolute Gasteiger partial charge is 0.478 e. The number of benzene rings is 1. The molecule has 3 rings (SSSR count). The molecule has 8 nitrogen and oxygen atoms in total. The van der Waals surface area contributed by atoms with Gasteiger partial charge in [0.2, 0.25) is 5.89 Å². The predicted octanol–water partition coefficient (Wildman–Crippen LogP) is 0.872.